The van der Waals surface area contributed by atoms with E-state index in [0.29, 0.717) is 11.5 Å². The Morgan fingerprint density at radius 2 is 2.17 bits per heavy atom. The van der Waals surface area contributed by atoms with Crippen molar-refractivity contribution in [3.8, 4) is 16.3 Å². The Labute approximate surface area is 109 Å². The van der Waals surface area contributed by atoms with Gasteiger partial charge in [0, 0.05) is 0 Å². The normalized spacial score (nSPS) is 10.1. The van der Waals surface area contributed by atoms with Crippen LogP contribution in [0.1, 0.15) is 16.6 Å². The summed E-state index contributed by atoms with van der Waals surface area (Å²) in [5, 5.41) is 0.746. The van der Waals surface area contributed by atoms with Crippen LogP contribution in [0.3, 0.4) is 0 Å². The van der Waals surface area contributed by atoms with E-state index in [2.05, 4.69) is 4.98 Å². The van der Waals surface area contributed by atoms with Crippen molar-refractivity contribution in [2.24, 2.45) is 0 Å². The van der Waals surface area contributed by atoms with Crippen LogP contribution in [0.2, 0.25) is 0 Å². The van der Waals surface area contributed by atoms with Crippen molar-refractivity contribution in [2.45, 2.75) is 6.92 Å². The fourth-order valence-electron chi connectivity index (χ4n) is 1.52. The van der Waals surface area contributed by atoms with Crippen molar-refractivity contribution < 1.29 is 14.3 Å². The number of aromatic nitrogens is 1. The smallest absolute Gasteiger partial charge is 0.349 e. The second kappa shape index (κ2) is 5.64. The van der Waals surface area contributed by atoms with E-state index in [1.165, 1.54) is 17.5 Å². The Hall–Kier alpha value is -1.88. The molecule has 0 saturated heterocycles. The lowest BCUT2D eigenvalue weighted by molar-refractivity contribution is 0.0532. The van der Waals surface area contributed by atoms with Gasteiger partial charge in [0.05, 0.1) is 25.5 Å². The molecule has 0 bridgehead atoms. The molecule has 0 N–H and O–H groups in total. The number of thiazole rings is 1. The summed E-state index contributed by atoms with van der Waals surface area (Å²) in [6, 6.07) is 7.57. The van der Waals surface area contributed by atoms with Gasteiger partial charge in [0.25, 0.3) is 0 Å². The zero-order valence-electron chi connectivity index (χ0n) is 10.2. The number of carbonyl (C=O) groups is 1. The molecule has 18 heavy (non-hydrogen) atoms. The second-order valence-electron chi connectivity index (χ2n) is 3.45. The Kier molecular flexibility index (Phi) is 3.94. The number of benzene rings is 1. The molecule has 0 amide bonds. The maximum atomic E-state index is 11.6. The molecule has 1 heterocycles. The molecule has 0 unspecified atom stereocenters. The average Bonchev–Trinajstić information content (AvgIpc) is 2.88. The summed E-state index contributed by atoms with van der Waals surface area (Å²) in [5.41, 5.74) is 0.876. The number of esters is 1. The van der Waals surface area contributed by atoms with Gasteiger partial charge in [-0.05, 0) is 19.1 Å². The molecule has 4 nitrogen and oxygen atoms in total. The summed E-state index contributed by atoms with van der Waals surface area (Å²) in [4.78, 5) is 16.3. The van der Waals surface area contributed by atoms with Crippen LogP contribution in [-0.4, -0.2) is 24.7 Å². The Bertz CT molecular complexity index is 551. The minimum Gasteiger partial charge on any atom is -0.496 e. The molecule has 0 radical (unpaired) electrons. The van der Waals surface area contributed by atoms with Gasteiger partial charge in [-0.1, -0.05) is 12.1 Å². The molecule has 0 aliphatic heterocycles. The fourth-order valence-corrected chi connectivity index (χ4v) is 2.36. The van der Waals surface area contributed by atoms with E-state index in [4.69, 9.17) is 9.47 Å². The van der Waals surface area contributed by atoms with E-state index in [1.54, 1.807) is 14.0 Å². The number of para-hydroxylation sites is 1. The van der Waals surface area contributed by atoms with Crippen LogP contribution in [0.15, 0.2) is 30.5 Å². The van der Waals surface area contributed by atoms with Crippen LogP contribution >= 0.6 is 11.3 Å². The van der Waals surface area contributed by atoms with Gasteiger partial charge in [0.15, 0.2) is 0 Å². The van der Waals surface area contributed by atoms with Crippen molar-refractivity contribution in [3.63, 3.8) is 0 Å². The highest BCUT2D eigenvalue weighted by molar-refractivity contribution is 7.16. The summed E-state index contributed by atoms with van der Waals surface area (Å²) in [7, 11) is 1.61. The van der Waals surface area contributed by atoms with E-state index in [1.807, 2.05) is 24.3 Å². The summed E-state index contributed by atoms with van der Waals surface area (Å²) in [6.07, 6.45) is 1.53. The quantitative estimate of drug-likeness (QED) is 0.796. The number of nitrogens with zero attached hydrogens (tertiary/aromatic N) is 1. The van der Waals surface area contributed by atoms with Crippen LogP contribution < -0.4 is 4.74 Å². The first kappa shape index (κ1) is 12.6. The summed E-state index contributed by atoms with van der Waals surface area (Å²) in [6.45, 7) is 2.14. The van der Waals surface area contributed by atoms with Gasteiger partial charge < -0.3 is 9.47 Å². The molecule has 2 aromatic rings. The predicted octanol–water partition coefficient (Wildman–Crippen LogP) is 3.00. The minimum absolute atomic E-state index is 0.337. The van der Waals surface area contributed by atoms with Crippen LogP contribution in [0.4, 0.5) is 0 Å². The van der Waals surface area contributed by atoms with E-state index >= 15 is 0 Å². The molecule has 1 aromatic carbocycles. The van der Waals surface area contributed by atoms with Gasteiger partial charge in [0.1, 0.15) is 15.6 Å². The molecule has 1 aromatic heterocycles. The zero-order valence-corrected chi connectivity index (χ0v) is 11.0. The van der Waals surface area contributed by atoms with E-state index < -0.39 is 0 Å². The lowest BCUT2D eigenvalue weighted by Crippen LogP contribution is -2.01. The topological polar surface area (TPSA) is 48.4 Å². The largest absolute Gasteiger partial charge is 0.496 e. The molecule has 2 rings (SSSR count). The van der Waals surface area contributed by atoms with Crippen LogP contribution in [0.5, 0.6) is 5.75 Å². The Morgan fingerprint density at radius 3 is 2.89 bits per heavy atom. The summed E-state index contributed by atoms with van der Waals surface area (Å²) < 4.78 is 10.2. The lowest BCUT2D eigenvalue weighted by atomic mass is 10.2. The van der Waals surface area contributed by atoms with Gasteiger partial charge in [-0.2, -0.15) is 0 Å². The molecule has 0 aliphatic rings. The van der Waals surface area contributed by atoms with Crippen LogP contribution in [0.25, 0.3) is 10.6 Å². The molecule has 0 atom stereocenters. The number of hydrogen-bond donors (Lipinski definition) is 0. The van der Waals surface area contributed by atoms with Crippen molar-refractivity contribution in [1.29, 1.82) is 0 Å². The predicted molar refractivity (Wildman–Crippen MR) is 70.1 cm³/mol. The summed E-state index contributed by atoms with van der Waals surface area (Å²) in [5.74, 6) is 0.401. The highest BCUT2D eigenvalue weighted by atomic mass is 32.1. The molecule has 0 spiro atoms. The van der Waals surface area contributed by atoms with E-state index in [-0.39, 0.29) is 5.97 Å². The molecule has 0 aliphatic carbocycles. The number of ether oxygens (including phenoxy) is 2. The first-order valence-electron chi connectivity index (χ1n) is 5.52. The molecule has 0 saturated carbocycles. The monoisotopic (exact) mass is 263 g/mol. The molecule has 94 valence electrons. The van der Waals surface area contributed by atoms with Gasteiger partial charge >= 0.3 is 5.97 Å². The Balaban J connectivity index is 2.32. The van der Waals surface area contributed by atoms with Gasteiger partial charge in [-0.25, -0.2) is 9.78 Å². The third-order valence-corrected chi connectivity index (χ3v) is 3.33. The maximum absolute atomic E-state index is 11.6. The molecular weight excluding hydrogens is 250 g/mol. The zero-order chi connectivity index (χ0) is 13.0. The first-order valence-corrected chi connectivity index (χ1v) is 6.34. The van der Waals surface area contributed by atoms with E-state index in [0.717, 1.165) is 16.3 Å². The number of rotatable bonds is 4. The second-order valence-corrected chi connectivity index (χ2v) is 4.48. The maximum Gasteiger partial charge on any atom is 0.349 e. The van der Waals surface area contributed by atoms with Gasteiger partial charge in [0.2, 0.25) is 0 Å². The van der Waals surface area contributed by atoms with E-state index in [9.17, 15) is 4.79 Å². The number of methoxy groups -OCH3 is 1. The fraction of sp³-hybridized carbons (Fsp3) is 0.231. The highest BCUT2D eigenvalue weighted by Gasteiger charge is 2.14. The number of carbonyl (C=O) groups excluding carboxylic acids is 1. The third kappa shape index (κ3) is 2.51. The Morgan fingerprint density at radius 1 is 1.39 bits per heavy atom. The van der Waals surface area contributed by atoms with Gasteiger partial charge in [-0.3, -0.25) is 0 Å². The minimum atomic E-state index is -0.337. The van der Waals surface area contributed by atoms with Crippen LogP contribution in [0, 0.1) is 0 Å². The van der Waals surface area contributed by atoms with Crippen molar-refractivity contribution in [3.05, 3.63) is 35.3 Å². The molecular formula is C13H13NO3S. The highest BCUT2D eigenvalue weighted by Crippen LogP contribution is 2.32. The van der Waals surface area contributed by atoms with Crippen molar-refractivity contribution >= 4 is 17.3 Å². The number of hydrogen-bond acceptors (Lipinski definition) is 5. The van der Waals surface area contributed by atoms with Crippen LogP contribution in [-0.2, 0) is 4.74 Å². The van der Waals surface area contributed by atoms with Crippen molar-refractivity contribution in [2.75, 3.05) is 13.7 Å². The molecule has 0 fully saturated rings. The lowest BCUT2D eigenvalue weighted by Gasteiger charge is -2.04. The standard InChI is InChI=1S/C13H13NO3S/c1-3-17-13(15)11-8-14-12(18-11)9-6-4-5-7-10(9)16-2/h4-8H,3H2,1-2H3. The first-order chi connectivity index (χ1) is 8.76. The SMILES string of the molecule is CCOC(=O)c1cnc(-c2ccccc2OC)s1. The van der Waals surface area contributed by atoms with Gasteiger partial charge in [-0.15, -0.1) is 11.3 Å². The van der Waals surface area contributed by atoms with Crippen molar-refractivity contribution in [1.82, 2.24) is 4.98 Å². The summed E-state index contributed by atoms with van der Waals surface area (Å²) >= 11 is 1.30. The average molecular weight is 263 g/mol. The molecule has 5 heteroatoms. The third-order valence-electron chi connectivity index (χ3n) is 2.32.